The van der Waals surface area contributed by atoms with Gasteiger partial charge in [0.2, 0.25) is 5.88 Å². The maximum atomic E-state index is 5.86. The maximum Gasteiger partial charge on any atom is 0.222 e. The van der Waals surface area contributed by atoms with Crippen molar-refractivity contribution in [1.82, 2.24) is 15.3 Å². The number of aromatic nitrogens is 2. The molecule has 0 radical (unpaired) electrons. The summed E-state index contributed by atoms with van der Waals surface area (Å²) in [5.41, 5.74) is 2.09. The molecule has 2 aromatic rings. The predicted molar refractivity (Wildman–Crippen MR) is 75.4 cm³/mol. The Morgan fingerprint density at radius 1 is 1.21 bits per heavy atom. The standard InChI is InChI=1S/C15H19N3O/c1-11(2)13-8-15(18-10-17-13)19-14-7-5-4-6-12(14)9-16-3/h4-8,10-11,16H,9H2,1-3H3. The highest BCUT2D eigenvalue weighted by Crippen LogP contribution is 2.25. The summed E-state index contributed by atoms with van der Waals surface area (Å²) in [7, 11) is 1.92. The molecule has 0 bridgehead atoms. The fraction of sp³-hybridized carbons (Fsp3) is 0.333. The summed E-state index contributed by atoms with van der Waals surface area (Å²) in [6.45, 7) is 4.96. The van der Waals surface area contributed by atoms with Gasteiger partial charge in [-0.05, 0) is 19.0 Å². The first-order chi connectivity index (χ1) is 9.20. The molecule has 0 saturated carbocycles. The monoisotopic (exact) mass is 257 g/mol. The quantitative estimate of drug-likeness (QED) is 0.894. The normalized spacial score (nSPS) is 10.7. The van der Waals surface area contributed by atoms with Gasteiger partial charge in [0, 0.05) is 18.2 Å². The number of para-hydroxylation sites is 1. The van der Waals surface area contributed by atoms with E-state index in [4.69, 9.17) is 4.74 Å². The van der Waals surface area contributed by atoms with Crippen molar-refractivity contribution in [2.75, 3.05) is 7.05 Å². The van der Waals surface area contributed by atoms with E-state index in [-0.39, 0.29) is 0 Å². The van der Waals surface area contributed by atoms with Gasteiger partial charge in [-0.3, -0.25) is 0 Å². The molecule has 0 atom stereocenters. The average Bonchev–Trinajstić information content (AvgIpc) is 2.41. The molecule has 1 heterocycles. The molecule has 4 nitrogen and oxygen atoms in total. The van der Waals surface area contributed by atoms with Crippen LogP contribution in [0.3, 0.4) is 0 Å². The molecule has 1 aromatic heterocycles. The van der Waals surface area contributed by atoms with Crippen LogP contribution in [-0.2, 0) is 6.54 Å². The molecule has 0 aliphatic rings. The predicted octanol–water partition coefficient (Wildman–Crippen LogP) is 3.11. The highest BCUT2D eigenvalue weighted by Gasteiger charge is 2.07. The number of benzene rings is 1. The Bertz CT molecular complexity index is 540. The molecule has 1 aromatic carbocycles. The molecule has 0 fully saturated rings. The van der Waals surface area contributed by atoms with Crippen LogP contribution in [0.15, 0.2) is 36.7 Å². The zero-order chi connectivity index (χ0) is 13.7. The van der Waals surface area contributed by atoms with Crippen molar-refractivity contribution in [2.45, 2.75) is 26.3 Å². The minimum Gasteiger partial charge on any atom is -0.439 e. The molecule has 2 rings (SSSR count). The SMILES string of the molecule is CNCc1ccccc1Oc1cc(C(C)C)ncn1. The molecule has 0 aliphatic heterocycles. The lowest BCUT2D eigenvalue weighted by atomic mass is 10.1. The van der Waals surface area contributed by atoms with Crippen molar-refractivity contribution in [1.29, 1.82) is 0 Å². The summed E-state index contributed by atoms with van der Waals surface area (Å²) in [6.07, 6.45) is 1.55. The zero-order valence-corrected chi connectivity index (χ0v) is 11.6. The van der Waals surface area contributed by atoms with Crippen LogP contribution < -0.4 is 10.1 Å². The minimum absolute atomic E-state index is 0.359. The third kappa shape index (κ3) is 3.51. The van der Waals surface area contributed by atoms with E-state index in [2.05, 4.69) is 29.1 Å². The van der Waals surface area contributed by atoms with Crippen molar-refractivity contribution in [3.05, 3.63) is 47.9 Å². The second kappa shape index (κ2) is 6.29. The number of nitrogens with one attached hydrogen (secondary N) is 1. The van der Waals surface area contributed by atoms with Crippen molar-refractivity contribution >= 4 is 0 Å². The van der Waals surface area contributed by atoms with E-state index in [1.165, 1.54) is 0 Å². The van der Waals surface area contributed by atoms with Crippen LogP contribution in [0.1, 0.15) is 31.0 Å². The van der Waals surface area contributed by atoms with Crippen LogP contribution in [0.2, 0.25) is 0 Å². The highest BCUT2D eigenvalue weighted by molar-refractivity contribution is 5.36. The maximum absolute atomic E-state index is 5.86. The lowest BCUT2D eigenvalue weighted by Crippen LogP contribution is -2.06. The van der Waals surface area contributed by atoms with Gasteiger partial charge in [-0.1, -0.05) is 32.0 Å². The van der Waals surface area contributed by atoms with E-state index >= 15 is 0 Å². The summed E-state index contributed by atoms with van der Waals surface area (Å²) in [5, 5.41) is 3.13. The van der Waals surface area contributed by atoms with Gasteiger partial charge < -0.3 is 10.1 Å². The summed E-state index contributed by atoms with van der Waals surface area (Å²) in [4.78, 5) is 8.40. The third-order valence-corrected chi connectivity index (χ3v) is 2.81. The lowest BCUT2D eigenvalue weighted by Gasteiger charge is -2.11. The second-order valence-electron chi connectivity index (χ2n) is 4.68. The Morgan fingerprint density at radius 3 is 2.74 bits per heavy atom. The molecule has 19 heavy (non-hydrogen) atoms. The van der Waals surface area contributed by atoms with Gasteiger partial charge in [0.05, 0.1) is 5.69 Å². The molecule has 0 spiro atoms. The van der Waals surface area contributed by atoms with Crippen molar-refractivity contribution in [3.63, 3.8) is 0 Å². The number of rotatable bonds is 5. The summed E-state index contributed by atoms with van der Waals surface area (Å²) in [5.74, 6) is 1.77. The van der Waals surface area contributed by atoms with Crippen LogP contribution in [0.5, 0.6) is 11.6 Å². The minimum atomic E-state index is 0.359. The highest BCUT2D eigenvalue weighted by atomic mass is 16.5. The summed E-state index contributed by atoms with van der Waals surface area (Å²) >= 11 is 0. The van der Waals surface area contributed by atoms with Gasteiger partial charge in [-0.15, -0.1) is 0 Å². The van der Waals surface area contributed by atoms with E-state index in [9.17, 15) is 0 Å². The van der Waals surface area contributed by atoms with Gasteiger partial charge >= 0.3 is 0 Å². The lowest BCUT2D eigenvalue weighted by molar-refractivity contribution is 0.452. The van der Waals surface area contributed by atoms with Crippen LogP contribution in [0, 0.1) is 0 Å². The molecule has 0 unspecified atom stereocenters. The average molecular weight is 257 g/mol. The van der Waals surface area contributed by atoms with Gasteiger partial charge in [0.1, 0.15) is 12.1 Å². The molecular formula is C15H19N3O. The second-order valence-corrected chi connectivity index (χ2v) is 4.68. The Balaban J connectivity index is 2.23. The Labute approximate surface area is 113 Å². The molecule has 1 N–H and O–H groups in total. The van der Waals surface area contributed by atoms with Crippen molar-refractivity contribution in [3.8, 4) is 11.6 Å². The Morgan fingerprint density at radius 2 is 2.00 bits per heavy atom. The van der Waals surface area contributed by atoms with Gasteiger partial charge in [-0.2, -0.15) is 0 Å². The van der Waals surface area contributed by atoms with Crippen LogP contribution >= 0.6 is 0 Å². The number of ether oxygens (including phenoxy) is 1. The van der Waals surface area contributed by atoms with E-state index in [1.54, 1.807) is 6.33 Å². The van der Waals surface area contributed by atoms with E-state index in [0.29, 0.717) is 11.8 Å². The topological polar surface area (TPSA) is 47.0 Å². The molecule has 0 aliphatic carbocycles. The third-order valence-electron chi connectivity index (χ3n) is 2.81. The number of nitrogens with zero attached hydrogens (tertiary/aromatic N) is 2. The van der Waals surface area contributed by atoms with E-state index in [1.807, 2.05) is 37.4 Å². The molecular weight excluding hydrogens is 238 g/mol. The fourth-order valence-corrected chi connectivity index (χ4v) is 1.78. The Kier molecular flexibility index (Phi) is 4.47. The van der Waals surface area contributed by atoms with Crippen LogP contribution in [0.4, 0.5) is 0 Å². The molecule has 0 amide bonds. The van der Waals surface area contributed by atoms with Crippen LogP contribution in [0.25, 0.3) is 0 Å². The first kappa shape index (κ1) is 13.5. The molecule has 4 heteroatoms. The summed E-state index contributed by atoms with van der Waals surface area (Å²) < 4.78 is 5.86. The van der Waals surface area contributed by atoms with Gasteiger partial charge in [-0.25, -0.2) is 9.97 Å². The Hall–Kier alpha value is -1.94. The first-order valence-electron chi connectivity index (χ1n) is 6.43. The van der Waals surface area contributed by atoms with Gasteiger partial charge in [0.25, 0.3) is 0 Å². The smallest absolute Gasteiger partial charge is 0.222 e. The molecule has 0 saturated heterocycles. The first-order valence-corrected chi connectivity index (χ1v) is 6.43. The number of hydrogen-bond donors (Lipinski definition) is 1. The van der Waals surface area contributed by atoms with E-state index < -0.39 is 0 Å². The summed E-state index contributed by atoms with van der Waals surface area (Å²) in [6, 6.07) is 9.83. The zero-order valence-electron chi connectivity index (χ0n) is 11.6. The van der Waals surface area contributed by atoms with Crippen molar-refractivity contribution in [2.24, 2.45) is 0 Å². The fourth-order valence-electron chi connectivity index (χ4n) is 1.78. The van der Waals surface area contributed by atoms with E-state index in [0.717, 1.165) is 23.6 Å². The van der Waals surface area contributed by atoms with Crippen LogP contribution in [-0.4, -0.2) is 17.0 Å². The molecule has 100 valence electrons. The largest absolute Gasteiger partial charge is 0.439 e. The van der Waals surface area contributed by atoms with Gasteiger partial charge in [0.15, 0.2) is 0 Å². The van der Waals surface area contributed by atoms with Crippen molar-refractivity contribution < 1.29 is 4.74 Å². The number of hydrogen-bond acceptors (Lipinski definition) is 4.